The number of anilines is 1. The van der Waals surface area contributed by atoms with Crippen LogP contribution in [0.15, 0.2) is 18.3 Å². The fourth-order valence-electron chi connectivity index (χ4n) is 3.12. The van der Waals surface area contributed by atoms with E-state index in [1.165, 1.54) is 25.7 Å². The monoisotopic (exact) mass is 346 g/mol. The molecule has 1 unspecified atom stereocenters. The van der Waals surface area contributed by atoms with Crippen LogP contribution in [0.3, 0.4) is 0 Å². The highest BCUT2D eigenvalue weighted by Gasteiger charge is 2.11. The van der Waals surface area contributed by atoms with Gasteiger partial charge < -0.3 is 15.5 Å². The van der Waals surface area contributed by atoms with Gasteiger partial charge in [0, 0.05) is 31.9 Å². The first kappa shape index (κ1) is 19.5. The molecule has 0 saturated carbocycles. The number of carbonyl (C=O) groups excluding carboxylic acids is 1. The van der Waals surface area contributed by atoms with Gasteiger partial charge >= 0.3 is 6.03 Å². The highest BCUT2D eigenvalue weighted by atomic mass is 16.2. The van der Waals surface area contributed by atoms with Crippen LogP contribution >= 0.6 is 0 Å². The van der Waals surface area contributed by atoms with Crippen LogP contribution in [0.5, 0.6) is 0 Å². The van der Waals surface area contributed by atoms with E-state index in [4.69, 9.17) is 0 Å². The van der Waals surface area contributed by atoms with E-state index in [0.29, 0.717) is 12.5 Å². The Bertz CT molecular complexity index is 507. The van der Waals surface area contributed by atoms with Crippen molar-refractivity contribution in [3.63, 3.8) is 0 Å². The van der Waals surface area contributed by atoms with Crippen LogP contribution in [0, 0.1) is 5.92 Å². The minimum Gasteiger partial charge on any atom is -0.357 e. The minimum absolute atomic E-state index is 0.104. The molecule has 2 rings (SSSR count). The first-order valence-corrected chi connectivity index (χ1v) is 9.79. The molecule has 1 aromatic rings. The highest BCUT2D eigenvalue weighted by Crippen LogP contribution is 2.17. The average molecular weight is 347 g/mol. The molecule has 2 N–H and O–H groups in total. The van der Waals surface area contributed by atoms with Gasteiger partial charge in [-0.2, -0.15) is 0 Å². The van der Waals surface area contributed by atoms with Crippen molar-refractivity contribution in [3.8, 4) is 0 Å². The number of nitrogens with one attached hydrogen (secondary N) is 2. The first-order valence-electron chi connectivity index (χ1n) is 9.79. The summed E-state index contributed by atoms with van der Waals surface area (Å²) in [6.07, 6.45) is 9.16. The fourth-order valence-corrected chi connectivity index (χ4v) is 3.12. The second-order valence-corrected chi connectivity index (χ2v) is 7.63. The fraction of sp³-hybridized carbons (Fsp3) is 0.700. The van der Waals surface area contributed by atoms with E-state index >= 15 is 0 Å². The first-order chi connectivity index (χ1) is 12.0. The molecule has 0 spiro atoms. The zero-order valence-corrected chi connectivity index (χ0v) is 16.1. The summed E-state index contributed by atoms with van der Waals surface area (Å²) < 4.78 is 0. The number of aromatic nitrogens is 1. The molecule has 0 radical (unpaired) electrons. The van der Waals surface area contributed by atoms with E-state index in [2.05, 4.69) is 53.4 Å². The molecule has 2 heterocycles. The lowest BCUT2D eigenvalue weighted by atomic mass is 10.0. The SMILES string of the molecule is CC(C)CCC(C)NC(=O)NCc1ccc(N2CCCCCC2)nc1. The standard InChI is InChI=1S/C20H34N4O/c1-16(2)8-9-17(3)23-20(25)22-15-18-10-11-19(21-14-18)24-12-6-4-5-7-13-24/h10-11,14,16-17H,4-9,12-13,15H2,1-3H3,(H2,22,23,25). The van der Waals surface area contributed by atoms with Crippen molar-refractivity contribution < 1.29 is 4.79 Å². The second-order valence-electron chi connectivity index (χ2n) is 7.63. The van der Waals surface area contributed by atoms with E-state index in [1.807, 2.05) is 6.20 Å². The van der Waals surface area contributed by atoms with E-state index < -0.39 is 0 Å². The van der Waals surface area contributed by atoms with E-state index in [-0.39, 0.29) is 12.1 Å². The molecule has 1 aliphatic rings. The summed E-state index contributed by atoms with van der Waals surface area (Å²) >= 11 is 0. The molecule has 0 aliphatic carbocycles. The second kappa shape index (κ2) is 10.3. The number of nitrogens with zero attached hydrogens (tertiary/aromatic N) is 2. The maximum Gasteiger partial charge on any atom is 0.315 e. The van der Waals surface area contributed by atoms with Gasteiger partial charge in [-0.05, 0) is 50.2 Å². The van der Waals surface area contributed by atoms with Crippen LogP contribution in [0.1, 0.15) is 64.9 Å². The van der Waals surface area contributed by atoms with Gasteiger partial charge in [0.2, 0.25) is 0 Å². The summed E-state index contributed by atoms with van der Waals surface area (Å²) in [5.74, 6) is 1.72. The number of rotatable bonds is 7. The maximum absolute atomic E-state index is 12.0. The van der Waals surface area contributed by atoms with E-state index in [1.54, 1.807) is 0 Å². The Balaban J connectivity index is 1.74. The van der Waals surface area contributed by atoms with Crippen LogP contribution in [-0.2, 0) is 6.54 Å². The van der Waals surface area contributed by atoms with Crippen LogP contribution in [-0.4, -0.2) is 30.1 Å². The van der Waals surface area contributed by atoms with Crippen LogP contribution < -0.4 is 15.5 Å². The van der Waals surface area contributed by atoms with Crippen LogP contribution in [0.2, 0.25) is 0 Å². The van der Waals surface area contributed by atoms with Gasteiger partial charge in [0.15, 0.2) is 0 Å². The molecule has 2 amide bonds. The quantitative estimate of drug-likeness (QED) is 0.782. The molecule has 25 heavy (non-hydrogen) atoms. The molecular weight excluding hydrogens is 312 g/mol. The number of carbonyl (C=O) groups is 1. The van der Waals surface area contributed by atoms with Crippen LogP contribution in [0.25, 0.3) is 0 Å². The van der Waals surface area contributed by atoms with Gasteiger partial charge in [-0.15, -0.1) is 0 Å². The van der Waals surface area contributed by atoms with Crippen LogP contribution in [0.4, 0.5) is 10.6 Å². The lowest BCUT2D eigenvalue weighted by Gasteiger charge is -2.21. The summed E-state index contributed by atoms with van der Waals surface area (Å²) in [6.45, 7) is 9.17. The topological polar surface area (TPSA) is 57.3 Å². The molecular formula is C20H34N4O. The molecule has 0 bridgehead atoms. The zero-order valence-electron chi connectivity index (χ0n) is 16.1. The van der Waals surface area contributed by atoms with Gasteiger partial charge in [0.25, 0.3) is 0 Å². The van der Waals surface area contributed by atoms with Gasteiger partial charge in [-0.25, -0.2) is 9.78 Å². The number of pyridine rings is 1. The largest absolute Gasteiger partial charge is 0.357 e. The Hall–Kier alpha value is -1.78. The molecule has 140 valence electrons. The maximum atomic E-state index is 12.0. The van der Waals surface area contributed by atoms with Gasteiger partial charge in [-0.1, -0.05) is 32.8 Å². The lowest BCUT2D eigenvalue weighted by molar-refractivity contribution is 0.236. The Morgan fingerprint density at radius 3 is 2.44 bits per heavy atom. The molecule has 1 saturated heterocycles. The van der Waals surface area contributed by atoms with Crippen molar-refractivity contribution in [2.75, 3.05) is 18.0 Å². The number of urea groups is 1. The molecule has 1 atom stereocenters. The molecule has 5 nitrogen and oxygen atoms in total. The third kappa shape index (κ3) is 7.32. The van der Waals surface area contributed by atoms with Crippen molar-refractivity contribution in [3.05, 3.63) is 23.9 Å². The number of hydrogen-bond donors (Lipinski definition) is 2. The number of hydrogen-bond acceptors (Lipinski definition) is 3. The summed E-state index contributed by atoms with van der Waals surface area (Å²) in [5, 5.41) is 5.92. The van der Waals surface area contributed by atoms with Crippen molar-refractivity contribution in [2.45, 2.75) is 71.9 Å². The van der Waals surface area contributed by atoms with Crippen molar-refractivity contribution >= 4 is 11.8 Å². The Morgan fingerprint density at radius 1 is 1.12 bits per heavy atom. The molecule has 1 aliphatic heterocycles. The Morgan fingerprint density at radius 2 is 1.84 bits per heavy atom. The van der Waals surface area contributed by atoms with E-state index in [0.717, 1.165) is 37.3 Å². The third-order valence-corrected chi connectivity index (χ3v) is 4.75. The van der Waals surface area contributed by atoms with Gasteiger partial charge in [-0.3, -0.25) is 0 Å². The predicted octanol–water partition coefficient (Wildman–Crippen LogP) is 4.09. The zero-order chi connectivity index (χ0) is 18.1. The van der Waals surface area contributed by atoms with Crippen molar-refractivity contribution in [1.29, 1.82) is 0 Å². The normalized spacial score (nSPS) is 16.4. The summed E-state index contributed by atoms with van der Waals surface area (Å²) in [4.78, 5) is 18.9. The molecule has 1 fully saturated rings. The molecule has 1 aromatic heterocycles. The lowest BCUT2D eigenvalue weighted by Crippen LogP contribution is -2.40. The highest BCUT2D eigenvalue weighted by molar-refractivity contribution is 5.74. The van der Waals surface area contributed by atoms with Crippen molar-refractivity contribution in [1.82, 2.24) is 15.6 Å². The van der Waals surface area contributed by atoms with Gasteiger partial charge in [0.1, 0.15) is 5.82 Å². The third-order valence-electron chi connectivity index (χ3n) is 4.75. The Labute approximate surface area is 152 Å². The Kier molecular flexibility index (Phi) is 8.02. The van der Waals surface area contributed by atoms with E-state index in [9.17, 15) is 4.79 Å². The smallest absolute Gasteiger partial charge is 0.315 e. The number of amides is 2. The average Bonchev–Trinajstić information content (AvgIpc) is 2.88. The predicted molar refractivity (Wildman–Crippen MR) is 104 cm³/mol. The van der Waals surface area contributed by atoms with Gasteiger partial charge in [0.05, 0.1) is 0 Å². The molecule has 0 aromatic carbocycles. The summed E-state index contributed by atoms with van der Waals surface area (Å²) in [7, 11) is 0. The molecule has 5 heteroatoms. The minimum atomic E-state index is -0.104. The van der Waals surface area contributed by atoms with Crippen molar-refractivity contribution in [2.24, 2.45) is 5.92 Å². The summed E-state index contributed by atoms with van der Waals surface area (Å²) in [5.41, 5.74) is 1.03. The summed E-state index contributed by atoms with van der Waals surface area (Å²) in [6, 6.07) is 4.24.